The van der Waals surface area contributed by atoms with Crippen LogP contribution in [0.5, 0.6) is 0 Å². The summed E-state index contributed by atoms with van der Waals surface area (Å²) in [6.07, 6.45) is 6.65. The molecule has 2 heterocycles. The van der Waals surface area contributed by atoms with Crippen molar-refractivity contribution in [2.24, 2.45) is 5.41 Å². The van der Waals surface area contributed by atoms with E-state index in [9.17, 15) is 9.59 Å². The Morgan fingerprint density at radius 2 is 1.92 bits per heavy atom. The number of rotatable bonds is 3. The minimum Gasteiger partial charge on any atom is -0.343 e. The first kappa shape index (κ1) is 17.6. The molecular formula is C22H30N2O2. The van der Waals surface area contributed by atoms with E-state index in [0.29, 0.717) is 30.6 Å². The average molecular weight is 354 g/mol. The van der Waals surface area contributed by atoms with E-state index in [1.807, 2.05) is 4.90 Å². The van der Waals surface area contributed by atoms with Crippen LogP contribution in [0.4, 0.5) is 0 Å². The quantitative estimate of drug-likeness (QED) is 0.835. The fourth-order valence-electron chi connectivity index (χ4n) is 5.23. The van der Waals surface area contributed by atoms with Crippen LogP contribution in [0.15, 0.2) is 24.3 Å². The molecule has 2 saturated heterocycles. The highest BCUT2D eigenvalue weighted by atomic mass is 16.2. The Bertz CT molecular complexity index is 691. The zero-order chi connectivity index (χ0) is 18.1. The number of hydrogen-bond acceptors (Lipinski definition) is 2. The fourth-order valence-corrected chi connectivity index (χ4v) is 5.23. The number of likely N-dealkylation sites (tertiary alicyclic amines) is 2. The lowest BCUT2D eigenvalue weighted by atomic mass is 9.72. The van der Waals surface area contributed by atoms with Crippen LogP contribution in [0.1, 0.15) is 62.5 Å². The van der Waals surface area contributed by atoms with Crippen molar-refractivity contribution in [2.75, 3.05) is 26.2 Å². The topological polar surface area (TPSA) is 40.6 Å². The van der Waals surface area contributed by atoms with Gasteiger partial charge in [0.2, 0.25) is 11.8 Å². The Hall–Kier alpha value is -1.84. The van der Waals surface area contributed by atoms with Crippen molar-refractivity contribution in [2.45, 2.75) is 57.8 Å². The first-order chi connectivity index (χ1) is 12.6. The third-order valence-electron chi connectivity index (χ3n) is 6.98. The van der Waals surface area contributed by atoms with Crippen molar-refractivity contribution in [1.82, 2.24) is 9.80 Å². The van der Waals surface area contributed by atoms with Gasteiger partial charge >= 0.3 is 0 Å². The van der Waals surface area contributed by atoms with Gasteiger partial charge in [-0.2, -0.15) is 0 Å². The molecule has 2 aliphatic heterocycles. The number of nitrogens with zero attached hydrogens (tertiary/aromatic N) is 2. The molecule has 0 aromatic heterocycles. The van der Waals surface area contributed by atoms with Gasteiger partial charge in [-0.15, -0.1) is 0 Å². The predicted octanol–water partition coefficient (Wildman–Crippen LogP) is 3.36. The second-order valence-corrected chi connectivity index (χ2v) is 8.43. The summed E-state index contributed by atoms with van der Waals surface area (Å²) in [5.41, 5.74) is 3.06. The third kappa shape index (κ3) is 3.26. The Morgan fingerprint density at radius 3 is 2.69 bits per heavy atom. The van der Waals surface area contributed by atoms with E-state index in [2.05, 4.69) is 36.1 Å². The molecular weight excluding hydrogens is 324 g/mol. The molecule has 0 bridgehead atoms. The van der Waals surface area contributed by atoms with Crippen LogP contribution >= 0.6 is 0 Å². The molecule has 1 aliphatic carbocycles. The number of benzene rings is 1. The van der Waals surface area contributed by atoms with Crippen molar-refractivity contribution in [3.63, 3.8) is 0 Å². The van der Waals surface area contributed by atoms with Gasteiger partial charge in [-0.05, 0) is 61.5 Å². The van der Waals surface area contributed by atoms with Crippen LogP contribution in [-0.2, 0) is 16.0 Å². The predicted molar refractivity (Wildman–Crippen MR) is 102 cm³/mol. The maximum atomic E-state index is 12.9. The molecule has 4 rings (SSSR count). The van der Waals surface area contributed by atoms with E-state index in [1.165, 1.54) is 11.1 Å². The van der Waals surface area contributed by atoms with Crippen LogP contribution in [-0.4, -0.2) is 47.8 Å². The first-order valence-electron chi connectivity index (χ1n) is 10.2. The van der Waals surface area contributed by atoms with E-state index in [-0.39, 0.29) is 5.41 Å². The second-order valence-electron chi connectivity index (χ2n) is 8.43. The number of fused-ring (bicyclic) bond motifs is 1. The highest BCUT2D eigenvalue weighted by molar-refractivity contribution is 5.78. The number of carbonyl (C=O) groups excluding carboxylic acids is 2. The molecule has 4 heteroatoms. The van der Waals surface area contributed by atoms with Gasteiger partial charge in [-0.1, -0.05) is 24.3 Å². The maximum Gasteiger partial charge on any atom is 0.223 e. The lowest BCUT2D eigenvalue weighted by Crippen LogP contribution is -2.52. The number of piperidine rings is 2. The molecule has 2 fully saturated rings. The van der Waals surface area contributed by atoms with Gasteiger partial charge in [-0.3, -0.25) is 9.59 Å². The smallest absolute Gasteiger partial charge is 0.223 e. The summed E-state index contributed by atoms with van der Waals surface area (Å²) in [5, 5.41) is 0. The van der Waals surface area contributed by atoms with Gasteiger partial charge in [0.05, 0.1) is 0 Å². The van der Waals surface area contributed by atoms with Crippen molar-refractivity contribution >= 4 is 11.8 Å². The Labute approximate surface area is 156 Å². The second kappa shape index (κ2) is 7.05. The summed E-state index contributed by atoms with van der Waals surface area (Å²) in [5.74, 6) is 1.02. The molecule has 0 N–H and O–H groups in total. The van der Waals surface area contributed by atoms with Crippen molar-refractivity contribution in [3.8, 4) is 0 Å². The van der Waals surface area contributed by atoms with Gasteiger partial charge in [0, 0.05) is 39.0 Å². The molecule has 0 saturated carbocycles. The zero-order valence-electron chi connectivity index (χ0n) is 15.9. The first-order valence-corrected chi connectivity index (χ1v) is 10.2. The van der Waals surface area contributed by atoms with Crippen molar-refractivity contribution in [3.05, 3.63) is 35.4 Å². The third-order valence-corrected chi connectivity index (χ3v) is 6.98. The Morgan fingerprint density at radius 1 is 1.15 bits per heavy atom. The molecule has 1 spiro atoms. The minimum atomic E-state index is 0.251. The SMILES string of the molecule is CCN1CC2(CCC1=O)CCN(C(=O)CC1CCc3ccccc31)CC2. The van der Waals surface area contributed by atoms with Crippen LogP contribution in [0, 0.1) is 5.41 Å². The molecule has 4 nitrogen and oxygen atoms in total. The van der Waals surface area contributed by atoms with E-state index >= 15 is 0 Å². The molecule has 1 atom stereocenters. The molecule has 140 valence electrons. The fraction of sp³-hybridized carbons (Fsp3) is 0.636. The normalized spacial score (nSPS) is 24.8. The highest BCUT2D eigenvalue weighted by Gasteiger charge is 2.41. The van der Waals surface area contributed by atoms with Gasteiger partial charge in [0.1, 0.15) is 0 Å². The van der Waals surface area contributed by atoms with E-state index < -0.39 is 0 Å². The Balaban J connectivity index is 1.34. The van der Waals surface area contributed by atoms with Crippen LogP contribution < -0.4 is 0 Å². The summed E-state index contributed by atoms with van der Waals surface area (Å²) in [4.78, 5) is 28.9. The number of carbonyl (C=O) groups is 2. The summed E-state index contributed by atoms with van der Waals surface area (Å²) < 4.78 is 0. The van der Waals surface area contributed by atoms with E-state index in [1.54, 1.807) is 0 Å². The molecule has 2 amide bonds. The largest absolute Gasteiger partial charge is 0.343 e. The standard InChI is InChI=1S/C22H30N2O2/c1-2-23-16-22(10-9-20(23)25)11-13-24(14-12-22)21(26)15-18-8-7-17-5-3-4-6-19(17)18/h3-6,18H,2,7-16H2,1H3. The van der Waals surface area contributed by atoms with E-state index in [0.717, 1.165) is 58.3 Å². The molecule has 3 aliphatic rings. The van der Waals surface area contributed by atoms with Crippen LogP contribution in [0.2, 0.25) is 0 Å². The maximum absolute atomic E-state index is 12.9. The summed E-state index contributed by atoms with van der Waals surface area (Å²) in [6.45, 7) is 5.48. The molecule has 1 unspecified atom stereocenters. The summed E-state index contributed by atoms with van der Waals surface area (Å²) >= 11 is 0. The zero-order valence-corrected chi connectivity index (χ0v) is 15.9. The molecule has 1 aromatic carbocycles. The number of hydrogen-bond donors (Lipinski definition) is 0. The van der Waals surface area contributed by atoms with Crippen molar-refractivity contribution < 1.29 is 9.59 Å². The van der Waals surface area contributed by atoms with Gasteiger partial charge in [0.15, 0.2) is 0 Å². The molecule has 1 aromatic rings. The van der Waals surface area contributed by atoms with Crippen LogP contribution in [0.25, 0.3) is 0 Å². The monoisotopic (exact) mass is 354 g/mol. The lowest BCUT2D eigenvalue weighted by Gasteiger charge is -2.47. The molecule has 0 radical (unpaired) electrons. The van der Waals surface area contributed by atoms with Crippen LogP contribution in [0.3, 0.4) is 0 Å². The Kier molecular flexibility index (Phi) is 4.76. The van der Waals surface area contributed by atoms with Gasteiger partial charge < -0.3 is 9.80 Å². The number of amides is 2. The van der Waals surface area contributed by atoms with Crippen molar-refractivity contribution in [1.29, 1.82) is 0 Å². The number of aryl methyl sites for hydroxylation is 1. The average Bonchev–Trinajstić information content (AvgIpc) is 3.07. The van der Waals surface area contributed by atoms with E-state index in [4.69, 9.17) is 0 Å². The molecule has 26 heavy (non-hydrogen) atoms. The summed E-state index contributed by atoms with van der Waals surface area (Å²) in [6, 6.07) is 8.59. The van der Waals surface area contributed by atoms with Gasteiger partial charge in [0.25, 0.3) is 0 Å². The van der Waals surface area contributed by atoms with Gasteiger partial charge in [-0.25, -0.2) is 0 Å². The lowest BCUT2D eigenvalue weighted by molar-refractivity contribution is -0.142. The minimum absolute atomic E-state index is 0.251. The highest BCUT2D eigenvalue weighted by Crippen LogP contribution is 2.41. The summed E-state index contributed by atoms with van der Waals surface area (Å²) in [7, 11) is 0.